The van der Waals surface area contributed by atoms with Gasteiger partial charge in [0.1, 0.15) is 0 Å². The van der Waals surface area contributed by atoms with Crippen LogP contribution in [0, 0.1) is 0 Å². The number of fused-ring (bicyclic) bond motifs is 1. The standard InChI is InChI=1S/C13H16N2O2S2/c1-13(19,8-18)7-15-11(16)9-5-3-4-6-10(9)14(2)12(15)17/h3-6,18-19H,7-8H2,1-2H3/t13-/m1/s1. The lowest BCUT2D eigenvalue weighted by molar-refractivity contribution is 0.529. The highest BCUT2D eigenvalue weighted by molar-refractivity contribution is 7.85. The van der Waals surface area contributed by atoms with E-state index in [-0.39, 0.29) is 17.8 Å². The van der Waals surface area contributed by atoms with Gasteiger partial charge in [-0.25, -0.2) is 4.79 Å². The van der Waals surface area contributed by atoms with E-state index in [0.717, 1.165) is 0 Å². The first-order chi connectivity index (χ1) is 8.87. The maximum Gasteiger partial charge on any atom is 0.331 e. The summed E-state index contributed by atoms with van der Waals surface area (Å²) >= 11 is 8.64. The third kappa shape index (κ3) is 2.60. The summed E-state index contributed by atoms with van der Waals surface area (Å²) in [6, 6.07) is 7.09. The number of aromatic nitrogens is 2. The number of thiol groups is 2. The number of rotatable bonds is 3. The van der Waals surface area contributed by atoms with Crippen molar-refractivity contribution in [2.24, 2.45) is 7.05 Å². The average Bonchev–Trinajstić information content (AvgIpc) is 2.41. The molecule has 0 saturated heterocycles. The molecule has 0 aliphatic carbocycles. The lowest BCUT2D eigenvalue weighted by atomic mass is 10.2. The molecular formula is C13H16N2O2S2. The normalized spacial score (nSPS) is 14.5. The molecule has 19 heavy (non-hydrogen) atoms. The Labute approximate surface area is 121 Å². The largest absolute Gasteiger partial charge is 0.331 e. The summed E-state index contributed by atoms with van der Waals surface area (Å²) in [4.78, 5) is 24.7. The fourth-order valence-corrected chi connectivity index (χ4v) is 2.23. The van der Waals surface area contributed by atoms with Gasteiger partial charge in [0.2, 0.25) is 0 Å². The van der Waals surface area contributed by atoms with Crippen LogP contribution in [0.25, 0.3) is 10.9 Å². The minimum absolute atomic E-state index is 0.232. The summed E-state index contributed by atoms with van der Waals surface area (Å²) in [5.74, 6) is 0.471. The fourth-order valence-electron chi connectivity index (χ4n) is 1.99. The van der Waals surface area contributed by atoms with E-state index in [9.17, 15) is 9.59 Å². The number of nitrogens with zero attached hydrogens (tertiary/aromatic N) is 2. The zero-order valence-electron chi connectivity index (χ0n) is 10.8. The van der Waals surface area contributed by atoms with E-state index in [1.807, 2.05) is 13.0 Å². The molecule has 0 fully saturated rings. The molecule has 0 aliphatic heterocycles. The van der Waals surface area contributed by atoms with Gasteiger partial charge in [0, 0.05) is 24.1 Å². The first-order valence-corrected chi connectivity index (χ1v) is 6.97. The lowest BCUT2D eigenvalue weighted by Gasteiger charge is -2.22. The zero-order valence-corrected chi connectivity index (χ0v) is 12.6. The van der Waals surface area contributed by atoms with Gasteiger partial charge in [0.25, 0.3) is 5.56 Å². The van der Waals surface area contributed by atoms with Crippen LogP contribution in [0.5, 0.6) is 0 Å². The highest BCUT2D eigenvalue weighted by Gasteiger charge is 2.21. The van der Waals surface area contributed by atoms with Crippen LogP contribution in [-0.2, 0) is 13.6 Å². The Morgan fingerprint density at radius 3 is 2.53 bits per heavy atom. The monoisotopic (exact) mass is 296 g/mol. The maximum absolute atomic E-state index is 12.4. The third-order valence-corrected chi connectivity index (χ3v) is 4.35. The molecular weight excluding hydrogens is 280 g/mol. The van der Waals surface area contributed by atoms with Crippen LogP contribution in [-0.4, -0.2) is 19.6 Å². The molecule has 4 nitrogen and oxygen atoms in total. The van der Waals surface area contributed by atoms with Crippen LogP contribution >= 0.6 is 25.3 Å². The van der Waals surface area contributed by atoms with Crippen molar-refractivity contribution < 1.29 is 0 Å². The summed E-state index contributed by atoms with van der Waals surface area (Å²) in [6.45, 7) is 2.08. The number of para-hydroxylation sites is 1. The van der Waals surface area contributed by atoms with E-state index in [2.05, 4.69) is 25.3 Å². The molecule has 1 atom stereocenters. The van der Waals surface area contributed by atoms with Gasteiger partial charge in [-0.05, 0) is 19.1 Å². The number of hydrogen-bond acceptors (Lipinski definition) is 4. The summed E-state index contributed by atoms with van der Waals surface area (Å²) in [7, 11) is 1.66. The van der Waals surface area contributed by atoms with Crippen LogP contribution in [0.15, 0.2) is 33.9 Å². The van der Waals surface area contributed by atoms with Crippen molar-refractivity contribution in [1.29, 1.82) is 0 Å². The highest BCUT2D eigenvalue weighted by atomic mass is 32.1. The predicted molar refractivity (Wildman–Crippen MR) is 84.7 cm³/mol. The molecule has 2 aromatic rings. The highest BCUT2D eigenvalue weighted by Crippen LogP contribution is 2.17. The predicted octanol–water partition coefficient (Wildman–Crippen LogP) is 1.32. The van der Waals surface area contributed by atoms with E-state index >= 15 is 0 Å². The van der Waals surface area contributed by atoms with Crippen molar-refractivity contribution in [2.45, 2.75) is 18.2 Å². The molecule has 0 saturated carbocycles. The van der Waals surface area contributed by atoms with Crippen LogP contribution < -0.4 is 11.2 Å². The fraction of sp³-hybridized carbons (Fsp3) is 0.385. The van der Waals surface area contributed by atoms with Gasteiger partial charge < -0.3 is 0 Å². The molecule has 0 radical (unpaired) electrons. The molecule has 0 spiro atoms. The smallest absolute Gasteiger partial charge is 0.296 e. The Balaban J connectivity index is 2.76. The molecule has 0 aliphatic rings. The van der Waals surface area contributed by atoms with Gasteiger partial charge in [-0.3, -0.25) is 13.9 Å². The van der Waals surface area contributed by atoms with Gasteiger partial charge in [0.05, 0.1) is 10.9 Å². The molecule has 0 N–H and O–H groups in total. The molecule has 0 unspecified atom stereocenters. The SMILES string of the molecule is Cn1c(=O)n(C[C@@](C)(S)CS)c(=O)c2ccccc21. The van der Waals surface area contributed by atoms with Crippen molar-refractivity contribution in [2.75, 3.05) is 5.75 Å². The Kier molecular flexibility index (Phi) is 3.82. The van der Waals surface area contributed by atoms with Crippen LogP contribution in [0.2, 0.25) is 0 Å². The van der Waals surface area contributed by atoms with E-state index in [0.29, 0.717) is 16.7 Å². The van der Waals surface area contributed by atoms with Crippen molar-refractivity contribution in [3.8, 4) is 0 Å². The first kappa shape index (κ1) is 14.3. The van der Waals surface area contributed by atoms with Crippen molar-refractivity contribution >= 4 is 36.2 Å². The van der Waals surface area contributed by atoms with Crippen molar-refractivity contribution in [3.63, 3.8) is 0 Å². The molecule has 2 rings (SSSR count). The lowest BCUT2D eigenvalue weighted by Crippen LogP contribution is -2.44. The van der Waals surface area contributed by atoms with E-state index in [4.69, 9.17) is 0 Å². The van der Waals surface area contributed by atoms with Crippen molar-refractivity contribution in [3.05, 3.63) is 45.1 Å². The maximum atomic E-state index is 12.4. The third-order valence-electron chi connectivity index (χ3n) is 3.10. The average molecular weight is 296 g/mol. The van der Waals surface area contributed by atoms with E-state index in [1.165, 1.54) is 9.13 Å². The second-order valence-corrected chi connectivity index (χ2v) is 6.30. The molecule has 1 heterocycles. The number of hydrogen-bond donors (Lipinski definition) is 2. The van der Waals surface area contributed by atoms with E-state index < -0.39 is 4.75 Å². The Hall–Kier alpha value is -1.14. The van der Waals surface area contributed by atoms with Crippen LogP contribution in [0.4, 0.5) is 0 Å². The molecule has 0 amide bonds. The van der Waals surface area contributed by atoms with Crippen LogP contribution in [0.1, 0.15) is 6.92 Å². The second kappa shape index (κ2) is 5.09. The summed E-state index contributed by atoms with van der Waals surface area (Å²) in [5.41, 5.74) is 0.0343. The van der Waals surface area contributed by atoms with Gasteiger partial charge in [-0.15, -0.1) is 0 Å². The Morgan fingerprint density at radius 2 is 1.89 bits per heavy atom. The quantitative estimate of drug-likeness (QED) is 0.839. The summed E-state index contributed by atoms with van der Waals surface area (Å²) in [6.07, 6.45) is 0. The van der Waals surface area contributed by atoms with Crippen LogP contribution in [0.3, 0.4) is 0 Å². The molecule has 102 valence electrons. The Morgan fingerprint density at radius 1 is 1.26 bits per heavy atom. The summed E-state index contributed by atoms with van der Waals surface area (Å²) in [5, 5.41) is 0.535. The number of aryl methyl sites for hydroxylation is 1. The van der Waals surface area contributed by atoms with Gasteiger partial charge in [-0.1, -0.05) is 12.1 Å². The van der Waals surface area contributed by atoms with Gasteiger partial charge in [-0.2, -0.15) is 25.3 Å². The summed E-state index contributed by atoms with van der Waals surface area (Å²) < 4.78 is 2.20. The molecule has 6 heteroatoms. The Bertz CT molecular complexity index is 731. The molecule has 0 bridgehead atoms. The molecule has 1 aromatic heterocycles. The van der Waals surface area contributed by atoms with Gasteiger partial charge in [0.15, 0.2) is 0 Å². The number of benzene rings is 1. The van der Waals surface area contributed by atoms with Gasteiger partial charge >= 0.3 is 5.69 Å². The molecule has 1 aromatic carbocycles. The second-order valence-electron chi connectivity index (χ2n) is 4.91. The zero-order chi connectivity index (χ0) is 14.2. The minimum Gasteiger partial charge on any atom is -0.296 e. The van der Waals surface area contributed by atoms with E-state index in [1.54, 1.807) is 25.2 Å². The topological polar surface area (TPSA) is 44.0 Å². The first-order valence-electron chi connectivity index (χ1n) is 5.89. The minimum atomic E-state index is -0.512. The van der Waals surface area contributed by atoms with Crippen molar-refractivity contribution in [1.82, 2.24) is 9.13 Å².